The summed E-state index contributed by atoms with van der Waals surface area (Å²) in [5, 5.41) is 9.32. The molecule has 0 saturated carbocycles. The van der Waals surface area contributed by atoms with Gasteiger partial charge in [-0.15, -0.1) is 16.8 Å². The molecule has 0 saturated heterocycles. The van der Waals surface area contributed by atoms with E-state index in [0.717, 1.165) is 29.8 Å². The van der Waals surface area contributed by atoms with Crippen LogP contribution in [0.5, 0.6) is 0 Å². The fourth-order valence-corrected chi connectivity index (χ4v) is 5.80. The molecule has 0 atom stereocenters. The largest absolute Gasteiger partial charge is 0.302 e. The van der Waals surface area contributed by atoms with Crippen LogP contribution < -0.4 is 4.31 Å². The summed E-state index contributed by atoms with van der Waals surface area (Å²) in [7, 11) is -3.33. The lowest BCUT2D eigenvalue weighted by Gasteiger charge is -2.29. The normalized spacial score (nSPS) is 13.5. The minimum absolute atomic E-state index is 0.0305. The van der Waals surface area contributed by atoms with E-state index < -0.39 is 10.0 Å². The Morgan fingerprint density at radius 2 is 1.97 bits per heavy atom. The number of sulfonamides is 1. The monoisotopic (exact) mass is 482 g/mol. The van der Waals surface area contributed by atoms with E-state index in [4.69, 9.17) is 0 Å². The lowest BCUT2D eigenvalue weighted by Crippen LogP contribution is -2.34. The second kappa shape index (κ2) is 9.93. The van der Waals surface area contributed by atoms with Gasteiger partial charge in [-0.05, 0) is 42.2 Å². The Labute approximate surface area is 198 Å². The Kier molecular flexibility index (Phi) is 6.99. The Balaban J connectivity index is 1.48. The van der Waals surface area contributed by atoms with Gasteiger partial charge in [0.05, 0.1) is 17.7 Å². The van der Waals surface area contributed by atoms with Gasteiger partial charge >= 0.3 is 0 Å². The van der Waals surface area contributed by atoms with Gasteiger partial charge in [0, 0.05) is 25.1 Å². The Morgan fingerprint density at radius 3 is 2.70 bits per heavy atom. The number of fused-ring (bicyclic) bond motifs is 1. The molecule has 7 nitrogen and oxygen atoms in total. The summed E-state index contributed by atoms with van der Waals surface area (Å²) in [5.74, 6) is 1.01. The molecule has 0 spiro atoms. The summed E-state index contributed by atoms with van der Waals surface area (Å²) in [6.07, 6.45) is 5.15. The van der Waals surface area contributed by atoms with Crippen molar-refractivity contribution in [3.8, 4) is 0 Å². The van der Waals surface area contributed by atoms with E-state index in [1.807, 2.05) is 41.0 Å². The third-order valence-corrected chi connectivity index (χ3v) is 7.67. The van der Waals surface area contributed by atoms with Crippen molar-refractivity contribution in [1.82, 2.24) is 14.8 Å². The van der Waals surface area contributed by atoms with Crippen LogP contribution in [0, 0.1) is 0 Å². The zero-order chi connectivity index (χ0) is 23.4. The van der Waals surface area contributed by atoms with Crippen LogP contribution >= 0.6 is 11.8 Å². The molecule has 33 heavy (non-hydrogen) atoms. The molecule has 0 unspecified atom stereocenters. The van der Waals surface area contributed by atoms with Gasteiger partial charge in [0.2, 0.25) is 10.0 Å². The predicted octanol–water partition coefficient (Wildman–Crippen LogP) is 3.74. The van der Waals surface area contributed by atoms with Crippen LogP contribution in [0.15, 0.2) is 66.3 Å². The summed E-state index contributed by atoms with van der Waals surface area (Å²) in [6.45, 7) is 4.87. The number of benzene rings is 2. The highest BCUT2D eigenvalue weighted by Gasteiger charge is 2.25. The van der Waals surface area contributed by atoms with Crippen molar-refractivity contribution in [3.63, 3.8) is 0 Å². The molecule has 2 heterocycles. The first-order valence-electron chi connectivity index (χ1n) is 10.7. The van der Waals surface area contributed by atoms with Gasteiger partial charge in [-0.3, -0.25) is 9.10 Å². The second-order valence-electron chi connectivity index (χ2n) is 7.95. The van der Waals surface area contributed by atoms with Crippen molar-refractivity contribution in [2.45, 2.75) is 31.0 Å². The number of thioether (sulfide) groups is 1. The molecule has 0 fully saturated rings. The number of rotatable bonds is 9. The van der Waals surface area contributed by atoms with Crippen LogP contribution in [0.4, 0.5) is 5.69 Å². The first kappa shape index (κ1) is 23.3. The van der Waals surface area contributed by atoms with E-state index in [-0.39, 0.29) is 11.5 Å². The maximum Gasteiger partial charge on any atom is 0.232 e. The van der Waals surface area contributed by atoms with E-state index in [2.05, 4.69) is 16.8 Å². The fraction of sp³-hybridized carbons (Fsp3) is 0.292. The number of Topliss-reactive ketones (excluding diaryl/α,β-unsaturated/α-hetero) is 1. The molecule has 9 heteroatoms. The summed E-state index contributed by atoms with van der Waals surface area (Å²) in [6, 6.07) is 15.3. The average Bonchev–Trinajstić information content (AvgIpc) is 3.18. The molecule has 0 aliphatic carbocycles. The molecule has 0 bridgehead atoms. The van der Waals surface area contributed by atoms with Crippen LogP contribution in [0.2, 0.25) is 0 Å². The average molecular weight is 483 g/mol. The third kappa shape index (κ3) is 5.36. The van der Waals surface area contributed by atoms with Crippen molar-refractivity contribution >= 4 is 33.3 Å². The quantitative estimate of drug-likeness (QED) is 0.262. The van der Waals surface area contributed by atoms with Gasteiger partial charge in [-0.1, -0.05) is 48.2 Å². The van der Waals surface area contributed by atoms with Crippen molar-refractivity contribution < 1.29 is 13.2 Å². The van der Waals surface area contributed by atoms with Crippen molar-refractivity contribution in [3.05, 3.63) is 83.7 Å². The van der Waals surface area contributed by atoms with Crippen molar-refractivity contribution in [2.75, 3.05) is 22.9 Å². The van der Waals surface area contributed by atoms with Gasteiger partial charge in [-0.25, -0.2) is 8.42 Å². The van der Waals surface area contributed by atoms with Gasteiger partial charge in [0.1, 0.15) is 5.82 Å². The molecular formula is C24H26N4O3S2. The molecule has 4 rings (SSSR count). The van der Waals surface area contributed by atoms with Crippen LogP contribution in [-0.4, -0.2) is 47.5 Å². The van der Waals surface area contributed by atoms with Gasteiger partial charge in [0.25, 0.3) is 0 Å². The molecule has 0 amide bonds. The zero-order valence-corrected chi connectivity index (χ0v) is 20.1. The molecule has 3 aromatic rings. The van der Waals surface area contributed by atoms with Crippen LogP contribution in [0.1, 0.15) is 33.7 Å². The highest BCUT2D eigenvalue weighted by Crippen LogP contribution is 2.30. The number of hydrogen-bond donors (Lipinski definition) is 0. The maximum absolute atomic E-state index is 12.9. The summed E-state index contributed by atoms with van der Waals surface area (Å²) in [5.41, 5.74) is 3.28. The number of carbonyl (C=O) groups excluding carboxylic acids is 1. The third-order valence-electron chi connectivity index (χ3n) is 5.52. The molecule has 0 N–H and O–H groups in total. The molecule has 172 valence electrons. The number of hydrogen-bond acceptors (Lipinski definition) is 6. The van der Waals surface area contributed by atoms with Crippen LogP contribution in [0.3, 0.4) is 0 Å². The number of carbonyl (C=O) groups is 1. The summed E-state index contributed by atoms with van der Waals surface area (Å²) < 4.78 is 27.5. The van der Waals surface area contributed by atoms with Crippen molar-refractivity contribution in [1.29, 1.82) is 0 Å². The van der Waals surface area contributed by atoms with Crippen LogP contribution in [0.25, 0.3) is 0 Å². The molecule has 0 radical (unpaired) electrons. The number of ketones is 1. The lowest BCUT2D eigenvalue weighted by atomic mass is 9.99. The molecule has 2 aromatic carbocycles. The minimum atomic E-state index is -3.33. The summed E-state index contributed by atoms with van der Waals surface area (Å²) >= 11 is 1.35. The topological polar surface area (TPSA) is 85.2 Å². The zero-order valence-electron chi connectivity index (χ0n) is 18.5. The number of anilines is 1. The smallest absolute Gasteiger partial charge is 0.232 e. The molecule has 1 aliphatic rings. The van der Waals surface area contributed by atoms with Crippen molar-refractivity contribution in [2.24, 2.45) is 0 Å². The Bertz CT molecular complexity index is 1270. The highest BCUT2D eigenvalue weighted by atomic mass is 32.2. The van der Waals surface area contributed by atoms with E-state index in [9.17, 15) is 13.2 Å². The van der Waals surface area contributed by atoms with E-state index in [1.54, 1.807) is 18.2 Å². The number of aromatic nitrogens is 3. The second-order valence-corrected chi connectivity index (χ2v) is 10.8. The number of aryl methyl sites for hydroxylation is 1. The van der Waals surface area contributed by atoms with Gasteiger partial charge in [0.15, 0.2) is 10.9 Å². The first-order valence-corrected chi connectivity index (χ1v) is 13.5. The maximum atomic E-state index is 12.9. The first-order chi connectivity index (χ1) is 15.9. The lowest BCUT2D eigenvalue weighted by molar-refractivity contribution is 0.102. The molecule has 1 aromatic heterocycles. The van der Waals surface area contributed by atoms with Crippen LogP contribution in [-0.2, 0) is 29.4 Å². The summed E-state index contributed by atoms with van der Waals surface area (Å²) in [4.78, 5) is 12.9. The number of allylic oxidation sites excluding steroid dienone is 1. The Morgan fingerprint density at radius 1 is 1.18 bits per heavy atom. The highest BCUT2D eigenvalue weighted by molar-refractivity contribution is 7.99. The molecular weight excluding hydrogens is 456 g/mol. The van der Waals surface area contributed by atoms with E-state index in [0.29, 0.717) is 35.9 Å². The Hall–Kier alpha value is -2.91. The SMILES string of the molecule is C=CCn1c(Cc2ccccc2)nnc1SCC(=O)c1ccc2c(c1)CCCN2S(C)(=O)=O. The van der Waals surface area contributed by atoms with Gasteiger partial charge < -0.3 is 4.57 Å². The van der Waals surface area contributed by atoms with E-state index >= 15 is 0 Å². The standard InChI is InChI=1S/C24H26N4O3S2/c1-3-13-27-23(15-18-8-5-4-6-9-18)25-26-24(27)32-17-22(29)20-11-12-21-19(16-20)10-7-14-28(21)33(2,30)31/h3-6,8-9,11-12,16H,1,7,10,13-15,17H2,2H3. The predicted molar refractivity (Wildman–Crippen MR) is 131 cm³/mol. The fourth-order valence-electron chi connectivity index (χ4n) is 3.94. The number of nitrogens with zero attached hydrogens (tertiary/aromatic N) is 4. The molecule has 1 aliphatic heterocycles. The van der Waals surface area contributed by atoms with Gasteiger partial charge in [-0.2, -0.15) is 0 Å². The van der Waals surface area contributed by atoms with E-state index in [1.165, 1.54) is 22.3 Å². The minimum Gasteiger partial charge on any atom is -0.302 e.